The quantitative estimate of drug-likeness (QED) is 0.525. The molecule has 94 valence electrons. The Morgan fingerprint density at radius 1 is 1.38 bits per heavy atom. The lowest BCUT2D eigenvalue weighted by molar-refractivity contribution is -0.139. The highest BCUT2D eigenvalue weighted by atomic mass is 16.5. The van der Waals surface area contributed by atoms with E-state index in [1.54, 1.807) is 0 Å². The van der Waals surface area contributed by atoms with E-state index in [0.717, 1.165) is 30.5 Å². The summed E-state index contributed by atoms with van der Waals surface area (Å²) in [4.78, 5) is 13.8. The van der Waals surface area contributed by atoms with Crippen molar-refractivity contribution < 1.29 is 9.53 Å². The maximum atomic E-state index is 11.8. The largest absolute Gasteiger partial charge is 0.461 e. The minimum Gasteiger partial charge on any atom is -0.461 e. The Morgan fingerprint density at radius 2 is 2.00 bits per heavy atom. The van der Waals surface area contributed by atoms with E-state index in [2.05, 4.69) is 4.90 Å². The van der Waals surface area contributed by atoms with Crippen molar-refractivity contribution in [3.05, 3.63) is 11.1 Å². The zero-order valence-electron chi connectivity index (χ0n) is 10.9. The third-order valence-corrected chi connectivity index (χ3v) is 2.45. The summed E-state index contributed by atoms with van der Waals surface area (Å²) in [6, 6.07) is 0. The van der Waals surface area contributed by atoms with Crippen LogP contribution in [-0.4, -0.2) is 44.7 Å². The third kappa shape index (κ3) is 5.88. The normalized spacial score (nSPS) is 12.6. The molecule has 2 N–H and O–H groups in total. The molecule has 4 nitrogen and oxygen atoms in total. The molecule has 16 heavy (non-hydrogen) atoms. The zero-order chi connectivity index (χ0) is 12.6. The molecule has 0 bridgehead atoms. The lowest BCUT2D eigenvalue weighted by atomic mass is 10.0. The SMILES string of the molecule is CCC(C)=C(CCN(C)C)C(=O)OCCN. The highest BCUT2D eigenvalue weighted by Crippen LogP contribution is 2.14. The van der Waals surface area contributed by atoms with Crippen LogP contribution >= 0.6 is 0 Å². The Morgan fingerprint density at radius 3 is 2.44 bits per heavy atom. The van der Waals surface area contributed by atoms with Gasteiger partial charge in [-0.3, -0.25) is 0 Å². The molecular formula is C12H24N2O2. The maximum Gasteiger partial charge on any atom is 0.334 e. The van der Waals surface area contributed by atoms with Crippen LogP contribution in [-0.2, 0) is 9.53 Å². The molecule has 0 atom stereocenters. The van der Waals surface area contributed by atoms with Crippen LogP contribution in [0.1, 0.15) is 26.7 Å². The van der Waals surface area contributed by atoms with Gasteiger partial charge in [-0.1, -0.05) is 12.5 Å². The predicted molar refractivity (Wildman–Crippen MR) is 66.2 cm³/mol. The minimum atomic E-state index is -0.216. The van der Waals surface area contributed by atoms with E-state index >= 15 is 0 Å². The number of ether oxygens (including phenoxy) is 1. The highest BCUT2D eigenvalue weighted by molar-refractivity contribution is 5.89. The molecule has 0 saturated carbocycles. The van der Waals surface area contributed by atoms with Gasteiger partial charge in [0.2, 0.25) is 0 Å². The summed E-state index contributed by atoms with van der Waals surface area (Å²) in [6.07, 6.45) is 1.61. The molecule has 0 aromatic carbocycles. The number of nitrogens with two attached hydrogens (primary N) is 1. The van der Waals surface area contributed by atoms with E-state index in [9.17, 15) is 4.79 Å². The first-order chi connectivity index (χ1) is 7.52. The Hall–Kier alpha value is -0.870. The molecule has 0 aromatic rings. The van der Waals surface area contributed by atoms with E-state index in [1.165, 1.54) is 0 Å². The Bertz CT molecular complexity index is 247. The van der Waals surface area contributed by atoms with Crippen LogP contribution in [0.15, 0.2) is 11.1 Å². The van der Waals surface area contributed by atoms with Gasteiger partial charge in [-0.2, -0.15) is 0 Å². The maximum absolute atomic E-state index is 11.8. The number of nitrogens with zero attached hydrogens (tertiary/aromatic N) is 1. The molecule has 0 spiro atoms. The second-order valence-electron chi connectivity index (χ2n) is 4.09. The first-order valence-electron chi connectivity index (χ1n) is 5.73. The van der Waals surface area contributed by atoms with Crippen molar-refractivity contribution >= 4 is 5.97 Å². The smallest absolute Gasteiger partial charge is 0.334 e. The standard InChI is InChI=1S/C12H24N2O2/c1-5-10(2)11(6-8-14(3)4)12(15)16-9-7-13/h5-9,13H2,1-4H3. The van der Waals surface area contributed by atoms with Crippen LogP contribution in [0.5, 0.6) is 0 Å². The van der Waals surface area contributed by atoms with Crippen LogP contribution in [0.2, 0.25) is 0 Å². The Balaban J connectivity index is 4.49. The number of hydrogen-bond acceptors (Lipinski definition) is 4. The van der Waals surface area contributed by atoms with E-state index < -0.39 is 0 Å². The summed E-state index contributed by atoms with van der Waals surface area (Å²) in [7, 11) is 3.98. The van der Waals surface area contributed by atoms with Gasteiger partial charge in [0.15, 0.2) is 0 Å². The van der Waals surface area contributed by atoms with Crippen LogP contribution in [0.25, 0.3) is 0 Å². The molecule has 0 fully saturated rings. The molecule has 0 aliphatic carbocycles. The van der Waals surface area contributed by atoms with Gasteiger partial charge in [-0.25, -0.2) is 4.79 Å². The lowest BCUT2D eigenvalue weighted by Crippen LogP contribution is -2.20. The topological polar surface area (TPSA) is 55.6 Å². The molecule has 0 saturated heterocycles. The van der Waals surface area contributed by atoms with Crippen molar-refractivity contribution in [2.24, 2.45) is 5.73 Å². The molecule has 0 amide bonds. The van der Waals surface area contributed by atoms with E-state index in [4.69, 9.17) is 10.5 Å². The van der Waals surface area contributed by atoms with Crippen LogP contribution in [0.3, 0.4) is 0 Å². The number of esters is 1. The minimum absolute atomic E-state index is 0.216. The van der Waals surface area contributed by atoms with Gasteiger partial charge >= 0.3 is 5.97 Å². The van der Waals surface area contributed by atoms with Crippen molar-refractivity contribution in [1.82, 2.24) is 4.90 Å². The van der Waals surface area contributed by atoms with E-state index in [1.807, 2.05) is 27.9 Å². The second kappa shape index (κ2) is 8.30. The van der Waals surface area contributed by atoms with Crippen LogP contribution in [0.4, 0.5) is 0 Å². The van der Waals surface area contributed by atoms with Gasteiger partial charge in [0.25, 0.3) is 0 Å². The number of rotatable bonds is 7. The van der Waals surface area contributed by atoms with Crippen molar-refractivity contribution in [2.75, 3.05) is 33.8 Å². The fraction of sp³-hybridized carbons (Fsp3) is 0.750. The molecule has 0 unspecified atom stereocenters. The number of carbonyl (C=O) groups is 1. The summed E-state index contributed by atoms with van der Waals surface area (Å²) in [6.45, 7) is 5.54. The summed E-state index contributed by atoms with van der Waals surface area (Å²) >= 11 is 0. The molecule has 0 aromatic heterocycles. The summed E-state index contributed by atoms with van der Waals surface area (Å²) < 4.78 is 5.07. The fourth-order valence-electron chi connectivity index (χ4n) is 1.28. The lowest BCUT2D eigenvalue weighted by Gasteiger charge is -2.14. The molecular weight excluding hydrogens is 204 g/mol. The summed E-state index contributed by atoms with van der Waals surface area (Å²) in [5.41, 5.74) is 7.20. The van der Waals surface area contributed by atoms with Crippen molar-refractivity contribution in [3.8, 4) is 0 Å². The van der Waals surface area contributed by atoms with E-state index in [0.29, 0.717) is 13.2 Å². The summed E-state index contributed by atoms with van der Waals surface area (Å²) in [5, 5.41) is 0. The average Bonchev–Trinajstić information content (AvgIpc) is 2.25. The second-order valence-corrected chi connectivity index (χ2v) is 4.09. The van der Waals surface area contributed by atoms with Crippen molar-refractivity contribution in [2.45, 2.75) is 26.7 Å². The van der Waals surface area contributed by atoms with Gasteiger partial charge in [-0.05, 0) is 33.9 Å². The van der Waals surface area contributed by atoms with Crippen LogP contribution < -0.4 is 5.73 Å². The van der Waals surface area contributed by atoms with Gasteiger partial charge in [0.05, 0.1) is 0 Å². The van der Waals surface area contributed by atoms with Gasteiger partial charge in [0, 0.05) is 18.7 Å². The monoisotopic (exact) mass is 228 g/mol. The van der Waals surface area contributed by atoms with Crippen molar-refractivity contribution in [1.29, 1.82) is 0 Å². The Kier molecular flexibility index (Phi) is 7.85. The molecule has 0 rings (SSSR count). The first-order valence-corrected chi connectivity index (χ1v) is 5.73. The molecule has 0 heterocycles. The van der Waals surface area contributed by atoms with Gasteiger partial charge in [-0.15, -0.1) is 0 Å². The highest BCUT2D eigenvalue weighted by Gasteiger charge is 2.13. The first kappa shape index (κ1) is 15.1. The van der Waals surface area contributed by atoms with Gasteiger partial charge < -0.3 is 15.4 Å². The molecule has 0 aliphatic rings. The van der Waals surface area contributed by atoms with Gasteiger partial charge in [0.1, 0.15) is 6.61 Å². The number of allylic oxidation sites excluding steroid dienone is 1. The molecule has 0 radical (unpaired) electrons. The summed E-state index contributed by atoms with van der Waals surface area (Å²) in [5.74, 6) is -0.216. The van der Waals surface area contributed by atoms with Crippen molar-refractivity contribution in [3.63, 3.8) is 0 Å². The zero-order valence-corrected chi connectivity index (χ0v) is 10.9. The average molecular weight is 228 g/mol. The number of hydrogen-bond donors (Lipinski definition) is 1. The molecule has 4 heteroatoms. The van der Waals surface area contributed by atoms with Crippen LogP contribution in [0, 0.1) is 0 Å². The molecule has 0 aliphatic heterocycles. The number of carbonyl (C=O) groups excluding carboxylic acids is 1. The Labute approximate surface area is 98.4 Å². The fourth-order valence-corrected chi connectivity index (χ4v) is 1.28. The predicted octanol–water partition coefficient (Wildman–Crippen LogP) is 1.17. The third-order valence-electron chi connectivity index (χ3n) is 2.45. The van der Waals surface area contributed by atoms with E-state index in [-0.39, 0.29) is 5.97 Å².